The Balaban J connectivity index is 2.63. The Hall–Kier alpha value is -0.290. The van der Waals surface area contributed by atoms with E-state index in [2.05, 4.69) is 27.7 Å². The number of halogens is 1. The lowest BCUT2D eigenvalue weighted by molar-refractivity contribution is 0.402. The van der Waals surface area contributed by atoms with Crippen LogP contribution < -0.4 is 0 Å². The second-order valence-electron chi connectivity index (χ2n) is 3.42. The number of hydrogen-bond donors (Lipinski definition) is 0. The molecular formula is C10H14BrN. The third-order valence-electron chi connectivity index (χ3n) is 2.64. The van der Waals surface area contributed by atoms with Crippen LogP contribution >= 0.6 is 15.9 Å². The first-order valence-corrected chi connectivity index (χ1v) is 5.28. The molecule has 0 unspecified atom stereocenters. The predicted molar refractivity (Wildman–Crippen MR) is 54.8 cm³/mol. The number of allylic oxidation sites excluding steroid dienone is 1. The highest BCUT2D eigenvalue weighted by Crippen LogP contribution is 2.32. The van der Waals surface area contributed by atoms with Crippen molar-refractivity contribution in [2.45, 2.75) is 39.0 Å². The Morgan fingerprint density at radius 2 is 1.92 bits per heavy atom. The molecule has 0 aromatic carbocycles. The molecule has 1 nitrogen and oxygen atoms in total. The Bertz CT molecular complexity index is 218. The first-order chi connectivity index (χ1) is 5.75. The van der Waals surface area contributed by atoms with Crippen molar-refractivity contribution in [3.05, 3.63) is 21.6 Å². The van der Waals surface area contributed by atoms with Gasteiger partial charge in [-0.3, -0.25) is 0 Å². The van der Waals surface area contributed by atoms with Crippen molar-refractivity contribution >= 4 is 15.9 Å². The molecule has 1 rings (SSSR count). The summed E-state index contributed by atoms with van der Waals surface area (Å²) >= 11 is 3.30. The van der Waals surface area contributed by atoms with Crippen LogP contribution in [0.4, 0.5) is 0 Å². The zero-order chi connectivity index (χ0) is 8.97. The highest BCUT2D eigenvalue weighted by atomic mass is 79.9. The molecule has 12 heavy (non-hydrogen) atoms. The quantitative estimate of drug-likeness (QED) is 0.469. The number of hydrogen-bond acceptors (Lipinski definition) is 0. The molecule has 0 saturated heterocycles. The molecule has 1 fully saturated rings. The summed E-state index contributed by atoms with van der Waals surface area (Å²) in [5.74, 6) is 0.669. The topological polar surface area (TPSA) is 4.36 Å². The summed E-state index contributed by atoms with van der Waals surface area (Å²) in [5.41, 5.74) is 1.25. The van der Waals surface area contributed by atoms with Gasteiger partial charge in [0.2, 0.25) is 4.61 Å². The summed E-state index contributed by atoms with van der Waals surface area (Å²) in [6.45, 7) is 8.96. The Morgan fingerprint density at radius 1 is 1.33 bits per heavy atom. The fourth-order valence-corrected chi connectivity index (χ4v) is 2.12. The summed E-state index contributed by atoms with van der Waals surface area (Å²) in [4.78, 5) is 3.41. The van der Waals surface area contributed by atoms with Crippen LogP contribution in [0.15, 0.2) is 10.2 Å². The first-order valence-electron chi connectivity index (χ1n) is 4.49. The molecule has 1 aliphatic carbocycles. The fraction of sp³-hybridized carbons (Fsp3) is 0.700. The zero-order valence-electron chi connectivity index (χ0n) is 7.44. The summed E-state index contributed by atoms with van der Waals surface area (Å²) in [7, 11) is 0. The molecule has 0 amide bonds. The van der Waals surface area contributed by atoms with Gasteiger partial charge in [0.15, 0.2) is 0 Å². The smallest absolute Gasteiger partial charge is 0.226 e. The van der Waals surface area contributed by atoms with Gasteiger partial charge in [0, 0.05) is 0 Å². The van der Waals surface area contributed by atoms with Crippen LogP contribution in [0.1, 0.15) is 39.0 Å². The molecule has 0 atom stereocenters. The molecule has 0 heterocycles. The van der Waals surface area contributed by atoms with E-state index in [0.29, 0.717) is 5.92 Å². The van der Waals surface area contributed by atoms with Gasteiger partial charge in [-0.15, -0.1) is 0 Å². The van der Waals surface area contributed by atoms with Crippen LogP contribution in [0.3, 0.4) is 0 Å². The lowest BCUT2D eigenvalue weighted by Gasteiger charge is -2.22. The lowest BCUT2D eigenvalue weighted by atomic mass is 9.85. The molecule has 66 valence electrons. The first kappa shape index (κ1) is 9.80. The van der Waals surface area contributed by atoms with Crippen molar-refractivity contribution in [2.75, 3.05) is 0 Å². The maximum atomic E-state index is 6.88. The highest BCUT2D eigenvalue weighted by Gasteiger charge is 2.16. The molecule has 0 aromatic rings. The molecule has 0 aromatic heterocycles. The van der Waals surface area contributed by atoms with Crippen molar-refractivity contribution in [3.63, 3.8) is 0 Å². The minimum absolute atomic E-state index is 0.669. The maximum Gasteiger partial charge on any atom is 0.226 e. The van der Waals surface area contributed by atoms with Gasteiger partial charge in [0.25, 0.3) is 0 Å². The van der Waals surface area contributed by atoms with Gasteiger partial charge in [0.05, 0.1) is 6.57 Å². The van der Waals surface area contributed by atoms with E-state index in [1.54, 1.807) is 0 Å². The minimum Gasteiger partial charge on any atom is -0.230 e. The number of rotatable bonds is 1. The van der Waals surface area contributed by atoms with Gasteiger partial charge in [-0.2, -0.15) is 0 Å². The molecule has 1 aliphatic rings. The second-order valence-corrected chi connectivity index (χ2v) is 4.17. The number of nitrogens with zero attached hydrogens (tertiary/aromatic N) is 1. The van der Waals surface area contributed by atoms with Crippen LogP contribution in [-0.2, 0) is 0 Å². The van der Waals surface area contributed by atoms with Crippen molar-refractivity contribution in [1.29, 1.82) is 0 Å². The highest BCUT2D eigenvalue weighted by molar-refractivity contribution is 9.11. The third kappa shape index (κ3) is 2.35. The van der Waals surface area contributed by atoms with E-state index in [1.807, 2.05) is 0 Å². The fourth-order valence-electron chi connectivity index (χ4n) is 1.79. The maximum absolute atomic E-state index is 6.88. The van der Waals surface area contributed by atoms with E-state index >= 15 is 0 Å². The van der Waals surface area contributed by atoms with E-state index in [4.69, 9.17) is 6.57 Å². The molecule has 0 bridgehead atoms. The Kier molecular flexibility index (Phi) is 3.81. The summed E-state index contributed by atoms with van der Waals surface area (Å²) in [6.07, 6.45) is 6.59. The third-order valence-corrected chi connectivity index (χ3v) is 3.44. The molecule has 1 saturated carbocycles. The lowest BCUT2D eigenvalue weighted by Crippen LogP contribution is -2.07. The minimum atomic E-state index is 0.669. The summed E-state index contributed by atoms with van der Waals surface area (Å²) < 4.78 is 0.731. The van der Waals surface area contributed by atoms with Gasteiger partial charge < -0.3 is 0 Å². The van der Waals surface area contributed by atoms with E-state index in [0.717, 1.165) is 4.61 Å². The van der Waals surface area contributed by atoms with E-state index in [1.165, 1.54) is 37.7 Å². The van der Waals surface area contributed by atoms with Crippen LogP contribution in [0.25, 0.3) is 4.85 Å². The van der Waals surface area contributed by atoms with Crippen LogP contribution in [0, 0.1) is 12.5 Å². The molecule has 0 aliphatic heterocycles. The standard InChI is InChI=1S/C10H14BrN/c1-8(10(11)12-2)9-6-4-3-5-7-9/h9H,3-7H2,1H3/b10-8+. The summed E-state index contributed by atoms with van der Waals surface area (Å²) in [6, 6.07) is 0. The van der Waals surface area contributed by atoms with E-state index in [9.17, 15) is 0 Å². The largest absolute Gasteiger partial charge is 0.230 e. The van der Waals surface area contributed by atoms with Gasteiger partial charge in [-0.25, -0.2) is 4.85 Å². The normalized spacial score (nSPS) is 21.4. The van der Waals surface area contributed by atoms with Crippen molar-refractivity contribution in [2.24, 2.45) is 5.92 Å². The van der Waals surface area contributed by atoms with Crippen LogP contribution in [-0.4, -0.2) is 0 Å². The Labute approximate surface area is 82.8 Å². The van der Waals surface area contributed by atoms with Crippen LogP contribution in [0.5, 0.6) is 0 Å². The predicted octanol–water partition coefficient (Wildman–Crippen LogP) is 4.11. The van der Waals surface area contributed by atoms with E-state index in [-0.39, 0.29) is 0 Å². The van der Waals surface area contributed by atoms with Crippen molar-refractivity contribution < 1.29 is 0 Å². The summed E-state index contributed by atoms with van der Waals surface area (Å²) in [5, 5.41) is 0. The van der Waals surface area contributed by atoms with E-state index < -0.39 is 0 Å². The van der Waals surface area contributed by atoms with Crippen molar-refractivity contribution in [1.82, 2.24) is 0 Å². The average molecular weight is 228 g/mol. The zero-order valence-corrected chi connectivity index (χ0v) is 9.02. The molecular weight excluding hydrogens is 214 g/mol. The molecule has 0 spiro atoms. The van der Waals surface area contributed by atoms with Crippen LogP contribution in [0.2, 0.25) is 0 Å². The SMILES string of the molecule is [C-]#[N+]/C(Br)=C(\C)C1CCCCC1. The van der Waals surface area contributed by atoms with Gasteiger partial charge >= 0.3 is 0 Å². The van der Waals surface area contributed by atoms with Gasteiger partial charge in [-0.1, -0.05) is 47.7 Å². The van der Waals surface area contributed by atoms with Gasteiger partial charge in [-0.05, 0) is 18.8 Å². The van der Waals surface area contributed by atoms with Crippen molar-refractivity contribution in [3.8, 4) is 0 Å². The van der Waals surface area contributed by atoms with Gasteiger partial charge in [0.1, 0.15) is 0 Å². The average Bonchev–Trinajstić information content (AvgIpc) is 2.17. The second kappa shape index (κ2) is 4.67. The Morgan fingerprint density at radius 3 is 2.42 bits per heavy atom. The molecule has 0 N–H and O–H groups in total. The molecule has 2 heteroatoms. The monoisotopic (exact) mass is 227 g/mol. The molecule has 0 radical (unpaired) electrons.